The summed E-state index contributed by atoms with van der Waals surface area (Å²) in [5, 5.41) is 0. The number of aryl methyl sites for hydroxylation is 1. The predicted molar refractivity (Wildman–Crippen MR) is 274 cm³/mol. The van der Waals surface area contributed by atoms with Gasteiger partial charge in [-0.25, -0.2) is 0 Å². The molecule has 0 bridgehead atoms. The molecule has 0 aliphatic heterocycles. The lowest BCUT2D eigenvalue weighted by Crippen LogP contribution is -2.21. The molecule has 348 valence electrons. The molecule has 0 radical (unpaired) electrons. The Morgan fingerprint density at radius 2 is 0.783 bits per heavy atom. The molecular formula is C60H108. The van der Waals surface area contributed by atoms with E-state index in [9.17, 15) is 0 Å². The van der Waals surface area contributed by atoms with Gasteiger partial charge in [-0.2, -0.15) is 0 Å². The van der Waals surface area contributed by atoms with Crippen LogP contribution in [0.5, 0.6) is 0 Å². The highest BCUT2D eigenvalue weighted by molar-refractivity contribution is 5.25. The van der Waals surface area contributed by atoms with Gasteiger partial charge < -0.3 is 0 Å². The monoisotopic (exact) mass is 829 g/mol. The molecule has 0 heteroatoms. The van der Waals surface area contributed by atoms with Crippen molar-refractivity contribution in [1.82, 2.24) is 0 Å². The van der Waals surface area contributed by atoms with E-state index in [0.29, 0.717) is 11.8 Å². The van der Waals surface area contributed by atoms with Gasteiger partial charge in [-0.1, -0.05) is 193 Å². The van der Waals surface area contributed by atoms with Gasteiger partial charge in [-0.3, -0.25) is 0 Å². The van der Waals surface area contributed by atoms with E-state index in [-0.39, 0.29) is 0 Å². The van der Waals surface area contributed by atoms with Crippen LogP contribution < -0.4 is 0 Å². The van der Waals surface area contributed by atoms with Gasteiger partial charge >= 0.3 is 0 Å². The fourth-order valence-electron chi connectivity index (χ4n) is 9.44. The second-order valence-corrected chi connectivity index (χ2v) is 23.9. The molecule has 4 unspecified atom stereocenters. The molecule has 4 atom stereocenters. The average molecular weight is 830 g/mol. The number of rotatable bonds is 16. The zero-order valence-electron chi connectivity index (χ0n) is 44.3. The van der Waals surface area contributed by atoms with Crippen molar-refractivity contribution in [3.63, 3.8) is 0 Å². The number of hydrogen-bond donors (Lipinski definition) is 0. The van der Waals surface area contributed by atoms with E-state index in [1.54, 1.807) is 0 Å². The molecule has 60 heavy (non-hydrogen) atoms. The lowest BCUT2D eigenvalue weighted by atomic mass is 9.73. The molecule has 2 aromatic carbocycles. The van der Waals surface area contributed by atoms with Crippen LogP contribution in [0.15, 0.2) is 48.5 Å². The van der Waals surface area contributed by atoms with E-state index >= 15 is 0 Å². The summed E-state index contributed by atoms with van der Waals surface area (Å²) in [6, 6.07) is 18.1. The van der Waals surface area contributed by atoms with Crippen molar-refractivity contribution in [2.45, 2.75) is 227 Å². The highest BCUT2D eigenvalue weighted by Gasteiger charge is 2.39. The van der Waals surface area contributed by atoms with E-state index in [0.717, 1.165) is 82.9 Å². The summed E-state index contributed by atoms with van der Waals surface area (Å²) < 4.78 is 0. The Morgan fingerprint density at radius 3 is 1.08 bits per heavy atom. The van der Waals surface area contributed by atoms with Gasteiger partial charge in [-0.15, -0.1) is 0 Å². The minimum Gasteiger partial charge on any atom is -0.0628 e. The molecule has 0 spiro atoms. The predicted octanol–water partition coefficient (Wildman–Crippen LogP) is 19.6. The maximum Gasteiger partial charge on any atom is -0.0219 e. The van der Waals surface area contributed by atoms with Crippen LogP contribution in [-0.4, -0.2) is 0 Å². The Morgan fingerprint density at radius 1 is 0.400 bits per heavy atom. The highest BCUT2D eigenvalue weighted by atomic mass is 14.4. The summed E-state index contributed by atoms with van der Waals surface area (Å²) in [7, 11) is 0. The van der Waals surface area contributed by atoms with Gasteiger partial charge in [0.05, 0.1) is 0 Å². The average Bonchev–Trinajstić information content (AvgIpc) is 4.10. The largest absolute Gasteiger partial charge is 0.0628 e. The van der Waals surface area contributed by atoms with Crippen LogP contribution in [0.2, 0.25) is 0 Å². The number of benzene rings is 2. The normalized spacial score (nSPS) is 22.2. The van der Waals surface area contributed by atoms with Crippen LogP contribution in [0.4, 0.5) is 0 Å². The fraction of sp³-hybridized carbons (Fsp3) is 0.800. The summed E-state index contributed by atoms with van der Waals surface area (Å²) in [4.78, 5) is 0. The molecule has 3 aliphatic carbocycles. The summed E-state index contributed by atoms with van der Waals surface area (Å²) in [6.45, 7) is 46.3. The zero-order chi connectivity index (χ0) is 45.7. The fourth-order valence-corrected chi connectivity index (χ4v) is 9.44. The van der Waals surface area contributed by atoms with Crippen LogP contribution in [0, 0.1) is 82.9 Å². The molecule has 3 fully saturated rings. The van der Waals surface area contributed by atoms with E-state index in [1.807, 2.05) is 0 Å². The van der Waals surface area contributed by atoms with E-state index < -0.39 is 0 Å². The van der Waals surface area contributed by atoms with Gasteiger partial charge in [0, 0.05) is 0 Å². The Hall–Kier alpha value is -1.56. The second-order valence-electron chi connectivity index (χ2n) is 23.9. The second kappa shape index (κ2) is 29.7. The summed E-state index contributed by atoms with van der Waals surface area (Å²) >= 11 is 0. The Labute approximate surface area is 379 Å². The maximum atomic E-state index is 2.38. The molecular weight excluding hydrogens is 721 g/mol. The molecule has 0 N–H and O–H groups in total. The smallest absolute Gasteiger partial charge is 0.0219 e. The SMILES string of the molecule is CC(C)C1CCC(C(C)C)CC1.CC(C)CC1CC1C(C)C.CC(C)CCC1CC1C(C)C.CC(C)CCc1ccc(C(C)C)cc1.CC(C)Cc1ccc(C(C)C)cc1. The Balaban J connectivity index is 0.000000377. The summed E-state index contributed by atoms with van der Waals surface area (Å²) in [5.74, 6) is 14.8. The molecule has 0 saturated heterocycles. The molecule has 0 heterocycles. The molecule has 0 nitrogen and oxygen atoms in total. The van der Waals surface area contributed by atoms with Crippen LogP contribution in [0.3, 0.4) is 0 Å². The van der Waals surface area contributed by atoms with Crippen molar-refractivity contribution < 1.29 is 0 Å². The first kappa shape index (κ1) is 56.5. The van der Waals surface area contributed by atoms with Crippen LogP contribution >= 0.6 is 0 Å². The molecule has 2 aromatic rings. The summed E-state index contributed by atoms with van der Waals surface area (Å²) in [6.07, 6.45) is 17.1. The third-order valence-electron chi connectivity index (χ3n) is 14.2. The Kier molecular flexibility index (Phi) is 28.0. The standard InChI is InChI=1S/C14H22.C13H20.C12H24.C11H22.C10H20/c1-11(2)5-6-13-7-9-14(10-8-13)12(3)4;1-10(2)9-12-5-7-13(8-6-12)11(3)4;1-9(2)11-5-7-12(8-6-11)10(3)4;1-8(2)5-6-10-7-11(10)9(3)4;1-7(2)5-9-6-10(9)8(3)4/h7-12H,5-6H2,1-4H3;5-8,10-11H,9H2,1-4H3;9-12H,5-8H2,1-4H3;8-11H,5-7H2,1-4H3;7-10H,5-6H2,1-4H3. The van der Waals surface area contributed by atoms with Gasteiger partial charge in [0.15, 0.2) is 0 Å². The minimum atomic E-state index is 0.646. The van der Waals surface area contributed by atoms with Crippen LogP contribution in [0.25, 0.3) is 0 Å². The van der Waals surface area contributed by atoms with Crippen molar-refractivity contribution in [3.05, 3.63) is 70.8 Å². The van der Waals surface area contributed by atoms with Crippen molar-refractivity contribution in [2.75, 3.05) is 0 Å². The zero-order valence-corrected chi connectivity index (χ0v) is 44.3. The van der Waals surface area contributed by atoms with E-state index in [1.165, 1.54) is 99.3 Å². The van der Waals surface area contributed by atoms with Gasteiger partial charge in [-0.05, 0) is 188 Å². The van der Waals surface area contributed by atoms with Crippen molar-refractivity contribution >= 4 is 0 Å². The topological polar surface area (TPSA) is 0 Å². The lowest BCUT2D eigenvalue weighted by molar-refractivity contribution is 0.189. The highest BCUT2D eigenvalue weighted by Crippen LogP contribution is 2.48. The van der Waals surface area contributed by atoms with Crippen molar-refractivity contribution in [2.24, 2.45) is 82.9 Å². The first-order chi connectivity index (χ1) is 28.0. The molecule has 3 saturated carbocycles. The first-order valence-corrected chi connectivity index (χ1v) is 26.2. The van der Waals surface area contributed by atoms with Gasteiger partial charge in [0.1, 0.15) is 0 Å². The van der Waals surface area contributed by atoms with Crippen LogP contribution in [0.1, 0.15) is 237 Å². The quantitative estimate of drug-likeness (QED) is 0.158. The van der Waals surface area contributed by atoms with Crippen molar-refractivity contribution in [3.8, 4) is 0 Å². The molecule has 0 amide bonds. The summed E-state index contributed by atoms with van der Waals surface area (Å²) in [5.41, 5.74) is 5.81. The number of hydrogen-bond acceptors (Lipinski definition) is 0. The maximum absolute atomic E-state index is 2.38. The van der Waals surface area contributed by atoms with Crippen LogP contribution in [-0.2, 0) is 12.8 Å². The van der Waals surface area contributed by atoms with Gasteiger partial charge in [0.2, 0.25) is 0 Å². The Bertz CT molecular complexity index is 1270. The van der Waals surface area contributed by atoms with E-state index in [4.69, 9.17) is 0 Å². The lowest BCUT2D eigenvalue weighted by Gasteiger charge is -2.32. The third kappa shape index (κ3) is 25.5. The van der Waals surface area contributed by atoms with Crippen molar-refractivity contribution in [1.29, 1.82) is 0 Å². The molecule has 3 aliphatic rings. The van der Waals surface area contributed by atoms with E-state index in [2.05, 4.69) is 187 Å². The first-order valence-electron chi connectivity index (χ1n) is 26.2. The minimum absolute atomic E-state index is 0.646. The molecule has 5 rings (SSSR count). The third-order valence-corrected chi connectivity index (χ3v) is 14.2. The van der Waals surface area contributed by atoms with Gasteiger partial charge in [0.25, 0.3) is 0 Å². The molecule has 0 aromatic heterocycles.